The Morgan fingerprint density at radius 1 is 1.22 bits per heavy atom. The summed E-state index contributed by atoms with van der Waals surface area (Å²) in [5.74, 6) is 0. The second-order valence-electron chi connectivity index (χ2n) is 6.51. The van der Waals surface area contributed by atoms with Crippen molar-refractivity contribution in [3.05, 3.63) is 0 Å². The molecule has 2 unspecified atom stereocenters. The maximum Gasteiger partial charge on any atom is 0.0114 e. The van der Waals surface area contributed by atoms with Gasteiger partial charge in [-0.3, -0.25) is 4.90 Å². The highest BCUT2D eigenvalue weighted by atomic mass is 15.2. The first kappa shape index (κ1) is 14.3. The minimum absolute atomic E-state index is 0.678. The van der Waals surface area contributed by atoms with E-state index in [1.54, 1.807) is 0 Å². The number of hydrogen-bond acceptors (Lipinski definition) is 3. The Morgan fingerprint density at radius 3 is 2.33 bits per heavy atom. The van der Waals surface area contributed by atoms with E-state index in [9.17, 15) is 0 Å². The standard InChI is InChI=1S/C15H31N3/c1-12(2)17(4)8-5-9-18-14-6-7-15(18)11-13(10-14)16-3/h12-16H,5-11H2,1-4H3. The van der Waals surface area contributed by atoms with E-state index in [1.807, 2.05) is 0 Å². The van der Waals surface area contributed by atoms with Crippen molar-refractivity contribution in [2.45, 2.75) is 70.1 Å². The fourth-order valence-electron chi connectivity index (χ4n) is 3.64. The van der Waals surface area contributed by atoms with Crippen LogP contribution in [-0.4, -0.2) is 61.2 Å². The molecule has 3 nitrogen and oxygen atoms in total. The summed E-state index contributed by atoms with van der Waals surface area (Å²) in [6.07, 6.45) is 6.93. The molecule has 0 aromatic carbocycles. The van der Waals surface area contributed by atoms with E-state index < -0.39 is 0 Å². The lowest BCUT2D eigenvalue weighted by atomic mass is 9.97. The third kappa shape index (κ3) is 3.25. The summed E-state index contributed by atoms with van der Waals surface area (Å²) in [4.78, 5) is 5.27. The summed E-state index contributed by atoms with van der Waals surface area (Å²) in [7, 11) is 4.36. The number of fused-ring (bicyclic) bond motifs is 2. The van der Waals surface area contributed by atoms with Gasteiger partial charge in [-0.25, -0.2) is 0 Å². The van der Waals surface area contributed by atoms with Crippen LogP contribution in [0.5, 0.6) is 0 Å². The number of hydrogen-bond donors (Lipinski definition) is 1. The monoisotopic (exact) mass is 253 g/mol. The van der Waals surface area contributed by atoms with E-state index in [1.165, 1.54) is 45.2 Å². The van der Waals surface area contributed by atoms with Crippen LogP contribution < -0.4 is 5.32 Å². The zero-order valence-corrected chi connectivity index (χ0v) is 12.7. The molecule has 0 aliphatic carbocycles. The zero-order chi connectivity index (χ0) is 13.1. The first-order chi connectivity index (χ1) is 8.61. The molecule has 0 saturated carbocycles. The van der Waals surface area contributed by atoms with Crippen LogP contribution in [0.3, 0.4) is 0 Å². The highest BCUT2D eigenvalue weighted by Crippen LogP contribution is 2.35. The topological polar surface area (TPSA) is 18.5 Å². The number of nitrogens with zero attached hydrogens (tertiary/aromatic N) is 2. The molecule has 2 rings (SSSR count). The van der Waals surface area contributed by atoms with E-state index >= 15 is 0 Å². The molecular formula is C15H31N3. The van der Waals surface area contributed by atoms with Crippen LogP contribution in [0.15, 0.2) is 0 Å². The van der Waals surface area contributed by atoms with Gasteiger partial charge in [0.2, 0.25) is 0 Å². The minimum Gasteiger partial charge on any atom is -0.317 e. The molecule has 106 valence electrons. The average molecular weight is 253 g/mol. The van der Waals surface area contributed by atoms with Crippen molar-refractivity contribution in [2.75, 3.05) is 27.2 Å². The van der Waals surface area contributed by atoms with Gasteiger partial charge in [0.25, 0.3) is 0 Å². The molecule has 2 fully saturated rings. The molecule has 2 atom stereocenters. The lowest BCUT2D eigenvalue weighted by molar-refractivity contribution is 0.112. The summed E-state index contributed by atoms with van der Waals surface area (Å²) < 4.78 is 0. The number of nitrogens with one attached hydrogen (secondary N) is 1. The quantitative estimate of drug-likeness (QED) is 0.780. The fourth-order valence-corrected chi connectivity index (χ4v) is 3.64. The van der Waals surface area contributed by atoms with Crippen molar-refractivity contribution >= 4 is 0 Å². The molecule has 18 heavy (non-hydrogen) atoms. The van der Waals surface area contributed by atoms with Crippen LogP contribution in [0.25, 0.3) is 0 Å². The second-order valence-corrected chi connectivity index (χ2v) is 6.51. The molecule has 2 heterocycles. The molecule has 2 saturated heterocycles. The average Bonchev–Trinajstić information content (AvgIpc) is 2.60. The van der Waals surface area contributed by atoms with Gasteiger partial charge >= 0.3 is 0 Å². The van der Waals surface area contributed by atoms with Gasteiger partial charge in [-0.05, 0) is 73.1 Å². The molecule has 0 spiro atoms. The minimum atomic E-state index is 0.678. The zero-order valence-electron chi connectivity index (χ0n) is 12.7. The highest BCUT2D eigenvalue weighted by molar-refractivity contribution is 4.97. The van der Waals surface area contributed by atoms with E-state index in [0.29, 0.717) is 6.04 Å². The van der Waals surface area contributed by atoms with Crippen LogP contribution in [0.1, 0.15) is 46.0 Å². The fraction of sp³-hybridized carbons (Fsp3) is 1.00. The predicted molar refractivity (Wildman–Crippen MR) is 78.0 cm³/mol. The molecule has 2 aliphatic rings. The molecule has 0 radical (unpaired) electrons. The van der Waals surface area contributed by atoms with Crippen LogP contribution in [0.4, 0.5) is 0 Å². The van der Waals surface area contributed by atoms with Gasteiger partial charge in [-0.1, -0.05) is 0 Å². The van der Waals surface area contributed by atoms with Crippen molar-refractivity contribution in [1.82, 2.24) is 15.1 Å². The van der Waals surface area contributed by atoms with Crippen molar-refractivity contribution in [2.24, 2.45) is 0 Å². The van der Waals surface area contributed by atoms with Gasteiger partial charge in [-0.15, -0.1) is 0 Å². The van der Waals surface area contributed by atoms with Gasteiger partial charge in [0, 0.05) is 24.2 Å². The maximum atomic E-state index is 3.48. The van der Waals surface area contributed by atoms with E-state index in [2.05, 4.69) is 43.1 Å². The summed E-state index contributed by atoms with van der Waals surface area (Å²) in [6, 6.07) is 3.19. The smallest absolute Gasteiger partial charge is 0.0114 e. The third-order valence-corrected chi connectivity index (χ3v) is 5.10. The molecule has 2 bridgehead atoms. The summed E-state index contributed by atoms with van der Waals surface area (Å²) in [5.41, 5.74) is 0. The molecule has 3 heteroatoms. The first-order valence-corrected chi connectivity index (χ1v) is 7.75. The first-order valence-electron chi connectivity index (χ1n) is 7.75. The molecule has 0 aromatic rings. The SMILES string of the molecule is CNC1CC2CCC(C1)N2CCCN(C)C(C)C. The Hall–Kier alpha value is -0.120. The molecule has 0 amide bonds. The summed E-state index contributed by atoms with van der Waals surface area (Å²) >= 11 is 0. The molecule has 2 aliphatic heterocycles. The van der Waals surface area contributed by atoms with E-state index in [4.69, 9.17) is 0 Å². The van der Waals surface area contributed by atoms with Crippen LogP contribution in [0, 0.1) is 0 Å². The number of rotatable bonds is 6. The van der Waals surface area contributed by atoms with E-state index in [0.717, 1.165) is 18.1 Å². The van der Waals surface area contributed by atoms with Gasteiger partial charge in [0.05, 0.1) is 0 Å². The van der Waals surface area contributed by atoms with Crippen LogP contribution >= 0.6 is 0 Å². The lowest BCUT2D eigenvalue weighted by Gasteiger charge is -2.39. The Bertz CT molecular complexity index is 240. The van der Waals surface area contributed by atoms with Crippen molar-refractivity contribution in [1.29, 1.82) is 0 Å². The van der Waals surface area contributed by atoms with Crippen LogP contribution in [-0.2, 0) is 0 Å². The second kappa shape index (κ2) is 6.36. The van der Waals surface area contributed by atoms with Crippen molar-refractivity contribution in [3.8, 4) is 0 Å². The summed E-state index contributed by atoms with van der Waals surface area (Å²) in [6.45, 7) is 7.11. The van der Waals surface area contributed by atoms with Crippen molar-refractivity contribution in [3.63, 3.8) is 0 Å². The third-order valence-electron chi connectivity index (χ3n) is 5.10. The van der Waals surface area contributed by atoms with E-state index in [-0.39, 0.29) is 0 Å². The molecular weight excluding hydrogens is 222 g/mol. The maximum absolute atomic E-state index is 3.48. The van der Waals surface area contributed by atoms with Gasteiger partial charge in [0.1, 0.15) is 0 Å². The Kier molecular flexibility index (Phi) is 5.05. The van der Waals surface area contributed by atoms with Gasteiger partial charge < -0.3 is 10.2 Å². The Morgan fingerprint density at radius 2 is 1.83 bits per heavy atom. The molecule has 0 aromatic heterocycles. The largest absolute Gasteiger partial charge is 0.317 e. The predicted octanol–water partition coefficient (Wildman–Crippen LogP) is 1.93. The summed E-state index contributed by atoms with van der Waals surface area (Å²) in [5, 5.41) is 3.48. The van der Waals surface area contributed by atoms with Crippen LogP contribution in [0.2, 0.25) is 0 Å². The van der Waals surface area contributed by atoms with Crippen molar-refractivity contribution < 1.29 is 0 Å². The van der Waals surface area contributed by atoms with Gasteiger partial charge in [0.15, 0.2) is 0 Å². The molecule has 1 N–H and O–H groups in total. The Balaban J connectivity index is 1.74. The lowest BCUT2D eigenvalue weighted by Crippen LogP contribution is -2.49. The number of piperidine rings is 1. The van der Waals surface area contributed by atoms with Gasteiger partial charge in [-0.2, -0.15) is 0 Å². The Labute approximate surface area is 113 Å². The highest BCUT2D eigenvalue weighted by Gasteiger charge is 2.39. The normalized spacial score (nSPS) is 32.7.